The molecular weight excluding hydrogens is 418 g/mol. The molecule has 1 aliphatic rings. The Kier molecular flexibility index (Phi) is 5.25. The molecule has 1 atom stereocenters. The number of halogens is 2. The van der Waals surface area contributed by atoms with Crippen LogP contribution in [0.4, 0.5) is 37.2 Å². The van der Waals surface area contributed by atoms with Crippen molar-refractivity contribution in [3.8, 4) is 0 Å². The number of hydrogen-bond acceptors (Lipinski definition) is 5. The van der Waals surface area contributed by atoms with E-state index < -0.39 is 23.3 Å². The average Bonchev–Trinajstić information content (AvgIpc) is 2.86. The molecule has 1 amide bonds. The number of rotatable bonds is 5. The van der Waals surface area contributed by atoms with Gasteiger partial charge in [0.2, 0.25) is 11.9 Å². The summed E-state index contributed by atoms with van der Waals surface area (Å²) in [7, 11) is 0. The summed E-state index contributed by atoms with van der Waals surface area (Å²) >= 11 is 0. The molecule has 0 radical (unpaired) electrons. The molecule has 1 aliphatic heterocycles. The van der Waals surface area contributed by atoms with Crippen molar-refractivity contribution in [2.75, 3.05) is 16.0 Å². The Morgan fingerprint density at radius 3 is 2.38 bits per heavy atom. The highest BCUT2D eigenvalue weighted by molar-refractivity contribution is 6.12. The highest BCUT2D eigenvalue weighted by Gasteiger charge is 2.34. The maximum absolute atomic E-state index is 13.4. The van der Waals surface area contributed by atoms with E-state index in [1.807, 2.05) is 0 Å². The van der Waals surface area contributed by atoms with E-state index in [4.69, 9.17) is 0 Å². The molecule has 164 valence electrons. The molecule has 9 heteroatoms. The zero-order valence-corrected chi connectivity index (χ0v) is 17.3. The molecule has 1 aromatic heterocycles. The monoisotopic (exact) mass is 438 g/mol. The Hall–Kier alpha value is -4.01. The maximum Gasteiger partial charge on any atom is 0.313 e. The van der Waals surface area contributed by atoms with E-state index >= 15 is 0 Å². The fourth-order valence-corrected chi connectivity index (χ4v) is 3.54. The molecule has 32 heavy (non-hydrogen) atoms. The van der Waals surface area contributed by atoms with Crippen molar-refractivity contribution >= 4 is 40.3 Å². The predicted molar refractivity (Wildman–Crippen MR) is 117 cm³/mol. The van der Waals surface area contributed by atoms with Crippen LogP contribution in [0.3, 0.4) is 0 Å². The number of nitrogens with one attached hydrogen (secondary N) is 3. The molecular formula is C23H20F2N4O3. The summed E-state index contributed by atoms with van der Waals surface area (Å²) in [6, 6.07) is 12.0. The lowest BCUT2D eigenvalue weighted by atomic mass is 9.80. The van der Waals surface area contributed by atoms with Crippen molar-refractivity contribution in [1.82, 2.24) is 4.98 Å². The van der Waals surface area contributed by atoms with E-state index in [2.05, 4.69) is 20.9 Å². The zero-order valence-electron chi connectivity index (χ0n) is 17.3. The quantitative estimate of drug-likeness (QED) is 0.410. The van der Waals surface area contributed by atoms with Crippen LogP contribution in [0.25, 0.3) is 0 Å². The summed E-state index contributed by atoms with van der Waals surface area (Å²) in [6.07, 6.45) is 0.383. The van der Waals surface area contributed by atoms with Crippen LogP contribution >= 0.6 is 0 Å². The van der Waals surface area contributed by atoms with Crippen molar-refractivity contribution in [1.29, 1.82) is 0 Å². The number of benzene rings is 2. The van der Waals surface area contributed by atoms with Crippen molar-refractivity contribution < 1.29 is 23.5 Å². The third-order valence-electron chi connectivity index (χ3n) is 5.67. The highest BCUT2D eigenvalue weighted by atomic mass is 19.1. The van der Waals surface area contributed by atoms with Gasteiger partial charge in [-0.25, -0.2) is 0 Å². The van der Waals surface area contributed by atoms with Gasteiger partial charge in [-0.05, 0) is 49.2 Å². The smallest absolute Gasteiger partial charge is 0.313 e. The summed E-state index contributed by atoms with van der Waals surface area (Å²) in [5.74, 6) is -3.23. The van der Waals surface area contributed by atoms with Crippen molar-refractivity contribution in [2.24, 2.45) is 0 Å². The lowest BCUT2D eigenvalue weighted by molar-refractivity contribution is -0.143. The number of amides is 1. The molecule has 3 aromatic rings. The van der Waals surface area contributed by atoms with Gasteiger partial charge in [0.25, 0.3) is 5.91 Å². The van der Waals surface area contributed by atoms with Gasteiger partial charge in [-0.1, -0.05) is 13.0 Å². The fraction of sp³-hybridized carbons (Fsp3) is 0.174. The first-order chi connectivity index (χ1) is 15.2. The normalized spacial score (nSPS) is 14.2. The maximum atomic E-state index is 13.4. The Balaban J connectivity index is 1.68. The van der Waals surface area contributed by atoms with E-state index in [9.17, 15) is 23.5 Å². The number of carboxylic acids is 1. The van der Waals surface area contributed by atoms with Gasteiger partial charge < -0.3 is 21.1 Å². The van der Waals surface area contributed by atoms with Crippen LogP contribution < -0.4 is 16.0 Å². The van der Waals surface area contributed by atoms with E-state index in [-0.39, 0.29) is 11.6 Å². The largest absolute Gasteiger partial charge is 0.481 e. The van der Waals surface area contributed by atoms with Gasteiger partial charge in [0.15, 0.2) is 0 Å². The molecule has 0 bridgehead atoms. The minimum atomic E-state index is -1.09. The van der Waals surface area contributed by atoms with Gasteiger partial charge in [0.05, 0.1) is 28.0 Å². The number of aliphatic carboxylic acids is 1. The van der Waals surface area contributed by atoms with Crippen LogP contribution in [0.15, 0.2) is 48.5 Å². The Labute approximate surface area is 182 Å². The summed E-state index contributed by atoms with van der Waals surface area (Å²) in [6.45, 7) is 3.43. The number of nitrogens with zero attached hydrogens (tertiary/aromatic N) is 1. The molecule has 0 aliphatic carbocycles. The van der Waals surface area contributed by atoms with Crippen molar-refractivity contribution in [3.05, 3.63) is 71.6 Å². The van der Waals surface area contributed by atoms with E-state index in [0.717, 1.165) is 12.1 Å². The number of fused-ring (bicyclic) bond motifs is 2. The molecule has 4 rings (SSSR count). The average molecular weight is 438 g/mol. The number of hydrogen-bond donors (Lipinski definition) is 4. The molecule has 0 saturated heterocycles. The summed E-state index contributed by atoms with van der Waals surface area (Å²) in [4.78, 5) is 27.7. The Morgan fingerprint density at radius 2 is 1.72 bits per heavy atom. The Morgan fingerprint density at radius 1 is 1.00 bits per heavy atom. The third-order valence-corrected chi connectivity index (χ3v) is 5.67. The molecule has 1 unspecified atom stereocenters. The van der Waals surface area contributed by atoms with Gasteiger partial charge in [0, 0.05) is 23.5 Å². The number of anilines is 5. The van der Waals surface area contributed by atoms with Crippen molar-refractivity contribution in [3.63, 3.8) is 0 Å². The van der Waals surface area contributed by atoms with Crippen LogP contribution in [0.5, 0.6) is 0 Å². The van der Waals surface area contributed by atoms with Crippen LogP contribution in [0, 0.1) is 11.9 Å². The lowest BCUT2D eigenvalue weighted by Crippen LogP contribution is -2.31. The van der Waals surface area contributed by atoms with Gasteiger partial charge in [-0.3, -0.25) is 9.59 Å². The van der Waals surface area contributed by atoms with Crippen LogP contribution in [0.2, 0.25) is 0 Å². The summed E-state index contributed by atoms with van der Waals surface area (Å²) in [5, 5.41) is 18.5. The number of aromatic nitrogens is 1. The third kappa shape index (κ3) is 3.84. The first-order valence-electron chi connectivity index (χ1n) is 9.90. The first kappa shape index (κ1) is 21.2. The zero-order chi connectivity index (χ0) is 23.0. The molecule has 0 saturated carbocycles. The van der Waals surface area contributed by atoms with Crippen LogP contribution in [-0.4, -0.2) is 22.0 Å². The van der Waals surface area contributed by atoms with Gasteiger partial charge in [0.1, 0.15) is 0 Å². The van der Waals surface area contributed by atoms with Gasteiger partial charge in [-0.15, -0.1) is 0 Å². The van der Waals surface area contributed by atoms with E-state index in [1.165, 1.54) is 0 Å². The van der Waals surface area contributed by atoms with Crippen LogP contribution in [-0.2, 0) is 10.2 Å². The standard InChI is InChI=1S/C23H20F2N4O3/c1-3-23(2,22(31)32)12-4-7-16-18(8-12)28-21(30)15-6-5-13(9-17(15)27-16)26-14-10-19(24)29-20(25)11-14/h4-11,27H,3H2,1-2H3,(H,26,29)(H,28,30)(H,31,32). The molecule has 0 fully saturated rings. The number of pyridine rings is 1. The topological polar surface area (TPSA) is 103 Å². The lowest BCUT2D eigenvalue weighted by Gasteiger charge is -2.24. The minimum absolute atomic E-state index is 0.172. The predicted octanol–water partition coefficient (Wildman–Crippen LogP) is 5.17. The fourth-order valence-electron chi connectivity index (χ4n) is 3.54. The SMILES string of the molecule is CCC(C)(C(=O)O)c1ccc2c(c1)NC(=O)c1ccc(Nc3cc(F)nc(F)c3)cc1N2. The molecule has 7 nitrogen and oxygen atoms in total. The molecule has 2 aromatic carbocycles. The van der Waals surface area contributed by atoms with E-state index in [1.54, 1.807) is 50.2 Å². The number of carbonyl (C=O) groups excluding carboxylic acids is 1. The summed E-state index contributed by atoms with van der Waals surface area (Å²) in [5.41, 5.74) is 2.03. The highest BCUT2D eigenvalue weighted by Crippen LogP contribution is 2.38. The second kappa shape index (κ2) is 7.92. The Bertz CT molecular complexity index is 1230. The minimum Gasteiger partial charge on any atom is -0.481 e. The number of carbonyl (C=O) groups is 2. The first-order valence-corrected chi connectivity index (χ1v) is 9.90. The van der Waals surface area contributed by atoms with Gasteiger partial charge >= 0.3 is 5.97 Å². The second-order valence-corrected chi connectivity index (χ2v) is 7.72. The summed E-state index contributed by atoms with van der Waals surface area (Å²) < 4.78 is 26.7. The van der Waals surface area contributed by atoms with Gasteiger partial charge in [-0.2, -0.15) is 13.8 Å². The second-order valence-electron chi connectivity index (χ2n) is 7.72. The molecule has 4 N–H and O–H groups in total. The van der Waals surface area contributed by atoms with Crippen LogP contribution in [0.1, 0.15) is 36.2 Å². The van der Waals surface area contributed by atoms with E-state index in [0.29, 0.717) is 40.3 Å². The number of carboxylic acid groups (broad SMARTS) is 1. The molecule has 0 spiro atoms. The molecule has 2 heterocycles. The van der Waals surface area contributed by atoms with Crippen molar-refractivity contribution in [2.45, 2.75) is 25.7 Å².